The maximum Gasteiger partial charge on any atom is 0.257 e. The molecule has 170 valence electrons. The molecule has 5 rings (SSSR count). The normalized spacial score (nSPS) is 25.5. The van der Waals surface area contributed by atoms with Crippen LogP contribution in [0.4, 0.5) is 8.78 Å². The first-order valence-electron chi connectivity index (χ1n) is 10.7. The molecule has 1 amide bonds. The van der Waals surface area contributed by atoms with Crippen LogP contribution in [0.15, 0.2) is 47.4 Å². The minimum atomic E-state index is -3.67. The van der Waals surface area contributed by atoms with Crippen molar-refractivity contribution in [3.63, 3.8) is 0 Å². The van der Waals surface area contributed by atoms with Crippen molar-refractivity contribution in [3.8, 4) is 0 Å². The van der Waals surface area contributed by atoms with E-state index in [4.69, 9.17) is 4.74 Å². The van der Waals surface area contributed by atoms with E-state index >= 15 is 0 Å². The quantitative estimate of drug-likeness (QED) is 0.700. The van der Waals surface area contributed by atoms with Crippen LogP contribution >= 0.6 is 0 Å². The number of hydrogen-bond donors (Lipinski definition) is 0. The second kappa shape index (κ2) is 7.60. The number of fused-ring (bicyclic) bond motifs is 1. The SMILES string of the molecule is Cc1ccccc1S(=O)(=O)N1CCC2(CC1)O[C@@H]1CC[C@@H](c3cc(F)cc(F)c3)N1C2=O. The number of sulfonamides is 1. The van der Waals surface area contributed by atoms with Crippen molar-refractivity contribution in [3.05, 3.63) is 65.2 Å². The number of benzene rings is 2. The summed E-state index contributed by atoms with van der Waals surface area (Å²) >= 11 is 0. The molecule has 0 bridgehead atoms. The highest BCUT2D eigenvalue weighted by Crippen LogP contribution is 2.48. The molecule has 3 heterocycles. The monoisotopic (exact) mass is 462 g/mol. The van der Waals surface area contributed by atoms with E-state index in [2.05, 4.69) is 0 Å². The summed E-state index contributed by atoms with van der Waals surface area (Å²) in [4.78, 5) is 15.3. The summed E-state index contributed by atoms with van der Waals surface area (Å²) in [6.07, 6.45) is 1.16. The Morgan fingerprint density at radius 1 is 1.03 bits per heavy atom. The minimum absolute atomic E-state index is 0.169. The average molecular weight is 463 g/mol. The summed E-state index contributed by atoms with van der Waals surface area (Å²) in [7, 11) is -3.67. The van der Waals surface area contributed by atoms with Crippen LogP contribution in [-0.4, -0.2) is 48.4 Å². The fourth-order valence-electron chi connectivity index (χ4n) is 5.21. The molecule has 0 radical (unpaired) electrons. The summed E-state index contributed by atoms with van der Waals surface area (Å²) in [5.41, 5.74) is -0.00203. The van der Waals surface area contributed by atoms with Crippen LogP contribution in [0, 0.1) is 18.6 Å². The molecular formula is C23H24F2N2O4S. The van der Waals surface area contributed by atoms with Crippen LogP contribution in [0.1, 0.15) is 42.9 Å². The van der Waals surface area contributed by atoms with Crippen molar-refractivity contribution >= 4 is 15.9 Å². The van der Waals surface area contributed by atoms with Gasteiger partial charge in [-0.15, -0.1) is 0 Å². The third-order valence-electron chi connectivity index (χ3n) is 6.83. The number of nitrogens with zero attached hydrogens (tertiary/aromatic N) is 2. The van der Waals surface area contributed by atoms with Crippen molar-refractivity contribution in [2.24, 2.45) is 0 Å². The molecule has 2 atom stereocenters. The summed E-state index contributed by atoms with van der Waals surface area (Å²) in [5.74, 6) is -1.58. The van der Waals surface area contributed by atoms with Gasteiger partial charge in [0.05, 0.1) is 10.9 Å². The molecule has 1 spiro atoms. The molecule has 32 heavy (non-hydrogen) atoms. The van der Waals surface area contributed by atoms with Gasteiger partial charge in [0.25, 0.3) is 5.91 Å². The Morgan fingerprint density at radius 2 is 1.69 bits per heavy atom. The summed E-state index contributed by atoms with van der Waals surface area (Å²) in [6.45, 7) is 2.09. The first kappa shape index (κ1) is 21.5. The summed E-state index contributed by atoms with van der Waals surface area (Å²) in [5, 5.41) is 0. The van der Waals surface area contributed by atoms with Crippen LogP contribution < -0.4 is 0 Å². The molecule has 2 aromatic rings. The second-order valence-electron chi connectivity index (χ2n) is 8.74. The van der Waals surface area contributed by atoms with Crippen molar-refractivity contribution < 1.29 is 26.7 Å². The highest BCUT2D eigenvalue weighted by Gasteiger charge is 2.58. The Morgan fingerprint density at radius 3 is 2.34 bits per heavy atom. The number of piperidine rings is 1. The molecule has 0 aliphatic carbocycles. The van der Waals surface area contributed by atoms with E-state index in [0.717, 1.165) is 6.07 Å². The van der Waals surface area contributed by atoms with Crippen molar-refractivity contribution in [2.75, 3.05) is 13.1 Å². The van der Waals surface area contributed by atoms with Crippen LogP contribution in [0.2, 0.25) is 0 Å². The lowest BCUT2D eigenvalue weighted by Crippen LogP contribution is -2.51. The Balaban J connectivity index is 1.35. The average Bonchev–Trinajstić information content (AvgIpc) is 3.26. The fraction of sp³-hybridized carbons (Fsp3) is 0.435. The van der Waals surface area contributed by atoms with Gasteiger partial charge in [0, 0.05) is 19.2 Å². The lowest BCUT2D eigenvalue weighted by atomic mass is 9.90. The molecular weight excluding hydrogens is 438 g/mol. The van der Waals surface area contributed by atoms with E-state index in [-0.39, 0.29) is 36.7 Å². The predicted molar refractivity (Wildman–Crippen MR) is 112 cm³/mol. The van der Waals surface area contributed by atoms with Crippen LogP contribution in [0.3, 0.4) is 0 Å². The topological polar surface area (TPSA) is 66.9 Å². The van der Waals surface area contributed by atoms with Gasteiger partial charge < -0.3 is 9.64 Å². The number of hydrogen-bond acceptors (Lipinski definition) is 4. The van der Waals surface area contributed by atoms with Gasteiger partial charge in [-0.3, -0.25) is 4.79 Å². The van der Waals surface area contributed by atoms with E-state index in [0.29, 0.717) is 24.0 Å². The van der Waals surface area contributed by atoms with E-state index in [9.17, 15) is 22.0 Å². The molecule has 6 nitrogen and oxygen atoms in total. The van der Waals surface area contributed by atoms with Crippen LogP contribution in [0.5, 0.6) is 0 Å². The van der Waals surface area contributed by atoms with E-state index in [1.165, 1.54) is 16.4 Å². The van der Waals surface area contributed by atoms with Gasteiger partial charge in [0.15, 0.2) is 5.60 Å². The van der Waals surface area contributed by atoms with Crippen LogP contribution in [-0.2, 0) is 19.6 Å². The zero-order valence-corrected chi connectivity index (χ0v) is 18.4. The standard InChI is InChI=1S/C23H24F2N2O4S/c1-15-4-2-3-5-20(15)32(29,30)26-10-8-23(9-11-26)22(28)27-19(6-7-21(27)31-23)16-12-17(24)14-18(25)13-16/h2-5,12-14,19,21H,6-11H2,1H3/t19-,21+/m0/s1. The smallest absolute Gasteiger partial charge is 0.257 e. The predicted octanol–water partition coefficient (Wildman–Crippen LogP) is 3.52. The maximum atomic E-state index is 13.8. The molecule has 3 fully saturated rings. The first-order valence-corrected chi connectivity index (χ1v) is 12.2. The number of rotatable bonds is 3. The molecule has 3 aliphatic heterocycles. The Hall–Kier alpha value is -2.36. The molecule has 3 aliphatic rings. The maximum absolute atomic E-state index is 13.8. The number of carbonyl (C=O) groups is 1. The fourth-order valence-corrected chi connectivity index (χ4v) is 6.88. The highest BCUT2D eigenvalue weighted by atomic mass is 32.2. The van der Waals surface area contributed by atoms with E-state index in [1.54, 1.807) is 36.1 Å². The summed E-state index contributed by atoms with van der Waals surface area (Å²) in [6, 6.07) is 9.70. The van der Waals surface area contributed by atoms with E-state index in [1.807, 2.05) is 0 Å². The zero-order chi connectivity index (χ0) is 22.7. The largest absolute Gasteiger partial charge is 0.342 e. The molecule has 2 aromatic carbocycles. The number of amides is 1. The molecule has 9 heteroatoms. The molecule has 3 saturated heterocycles. The Labute approximate surface area is 185 Å². The lowest BCUT2D eigenvalue weighted by molar-refractivity contribution is -0.142. The van der Waals surface area contributed by atoms with Crippen molar-refractivity contribution in [1.82, 2.24) is 9.21 Å². The van der Waals surface area contributed by atoms with Gasteiger partial charge >= 0.3 is 0 Å². The van der Waals surface area contributed by atoms with E-state index < -0.39 is 39.5 Å². The molecule has 0 aromatic heterocycles. The number of ether oxygens (including phenoxy) is 1. The van der Waals surface area contributed by atoms with Gasteiger partial charge in [-0.2, -0.15) is 4.31 Å². The van der Waals surface area contributed by atoms with Crippen LogP contribution in [0.25, 0.3) is 0 Å². The summed E-state index contributed by atoms with van der Waals surface area (Å²) < 4.78 is 61.3. The number of carbonyl (C=O) groups excluding carboxylic acids is 1. The number of aryl methyl sites for hydroxylation is 1. The lowest BCUT2D eigenvalue weighted by Gasteiger charge is -2.37. The van der Waals surface area contributed by atoms with Crippen molar-refractivity contribution in [2.45, 2.75) is 55.4 Å². The Bertz CT molecular complexity index is 1160. The minimum Gasteiger partial charge on any atom is -0.342 e. The van der Waals surface area contributed by atoms with Gasteiger partial charge in [-0.1, -0.05) is 18.2 Å². The van der Waals surface area contributed by atoms with Crippen molar-refractivity contribution in [1.29, 1.82) is 0 Å². The van der Waals surface area contributed by atoms with Gasteiger partial charge in [0.1, 0.15) is 17.9 Å². The highest BCUT2D eigenvalue weighted by molar-refractivity contribution is 7.89. The third-order valence-corrected chi connectivity index (χ3v) is 8.89. The molecule has 0 unspecified atom stereocenters. The number of halogens is 2. The zero-order valence-electron chi connectivity index (χ0n) is 17.6. The third kappa shape index (κ3) is 3.34. The van der Waals surface area contributed by atoms with Gasteiger partial charge in [-0.25, -0.2) is 17.2 Å². The molecule has 0 N–H and O–H groups in total. The van der Waals surface area contributed by atoms with Gasteiger partial charge in [0.2, 0.25) is 10.0 Å². The molecule has 0 saturated carbocycles. The first-order chi connectivity index (χ1) is 15.2. The Kier molecular flexibility index (Phi) is 5.11. The van der Waals surface area contributed by atoms with Gasteiger partial charge in [-0.05, 0) is 61.9 Å². The second-order valence-corrected chi connectivity index (χ2v) is 10.7.